The minimum atomic E-state index is -4.30. The van der Waals surface area contributed by atoms with Crippen molar-refractivity contribution in [1.29, 1.82) is 0 Å². The first-order chi connectivity index (χ1) is 13.1. The number of carbonyl (C=O) groups is 1. The summed E-state index contributed by atoms with van der Waals surface area (Å²) < 4.78 is 61.9. The van der Waals surface area contributed by atoms with E-state index in [2.05, 4.69) is 13.8 Å². The van der Waals surface area contributed by atoms with Crippen molar-refractivity contribution in [3.8, 4) is 0 Å². The standard InChI is InChI=1S/C10H14O3S.C5H10O2.C4H10O3S.2Na/c1-3-8(2)9-4-6-10(7-5-9)14(11,12)13;1-3-4(2)5(6)7;1-3-4(2)8(5,6)7;;/h4-8H,3H2,1-2H3,(H,11,12,13);4H,3H2,1-2H3,(H,6,7);4H,3H2,1-2H3,(H,5,6,7);;/q;;;2*+1/p-2. The van der Waals surface area contributed by atoms with Crippen LogP contribution in [0.25, 0.3) is 0 Å². The average Bonchev–Trinajstić information content (AvgIpc) is 2.65. The van der Waals surface area contributed by atoms with Crippen molar-refractivity contribution in [2.75, 3.05) is 0 Å². The summed E-state index contributed by atoms with van der Waals surface area (Å²) in [6.07, 6.45) is 2.10. The molecule has 0 heterocycles. The van der Waals surface area contributed by atoms with Crippen molar-refractivity contribution >= 4 is 26.2 Å². The largest absolute Gasteiger partial charge is 1.00 e. The molecule has 0 saturated heterocycles. The fraction of sp³-hybridized carbons (Fsp3) is 0.632. The molecule has 0 bridgehead atoms. The quantitative estimate of drug-likeness (QED) is 0.322. The zero-order valence-corrected chi connectivity index (χ0v) is 25.4. The molecule has 3 atom stereocenters. The van der Waals surface area contributed by atoms with E-state index in [-0.39, 0.29) is 69.9 Å². The Bertz CT molecular complexity index is 810. The van der Waals surface area contributed by atoms with Crippen LogP contribution in [0, 0.1) is 5.92 Å². The molecule has 0 aliphatic rings. The van der Waals surface area contributed by atoms with Gasteiger partial charge in [-0.25, -0.2) is 16.8 Å². The van der Waals surface area contributed by atoms with Crippen LogP contribution in [0.5, 0.6) is 0 Å². The van der Waals surface area contributed by atoms with Crippen LogP contribution in [0.2, 0.25) is 0 Å². The van der Waals surface area contributed by atoms with Gasteiger partial charge >= 0.3 is 65.1 Å². The molecule has 0 radical (unpaired) electrons. The van der Waals surface area contributed by atoms with E-state index in [4.69, 9.17) is 5.11 Å². The molecule has 1 rings (SSSR count). The Hall–Kier alpha value is 0.510. The molecule has 1 aromatic rings. The minimum Gasteiger partial charge on any atom is -0.748 e. The van der Waals surface area contributed by atoms with Crippen LogP contribution in [0.4, 0.5) is 0 Å². The first-order valence-corrected chi connectivity index (χ1v) is 12.2. The number of carboxylic acid groups (broad SMARTS) is 1. The van der Waals surface area contributed by atoms with Gasteiger partial charge in [0.15, 0.2) is 0 Å². The van der Waals surface area contributed by atoms with Gasteiger partial charge in [0.25, 0.3) is 0 Å². The molecule has 0 spiro atoms. The van der Waals surface area contributed by atoms with Crippen molar-refractivity contribution in [1.82, 2.24) is 0 Å². The van der Waals surface area contributed by atoms with Crippen molar-refractivity contribution < 1.29 is 95.0 Å². The molecule has 0 aromatic heterocycles. The molecule has 1 N–H and O–H groups in total. The van der Waals surface area contributed by atoms with E-state index in [1.165, 1.54) is 19.1 Å². The van der Waals surface area contributed by atoms with Gasteiger partial charge in [-0.1, -0.05) is 46.8 Å². The molecular weight excluding hydrogens is 466 g/mol. The fourth-order valence-electron chi connectivity index (χ4n) is 1.58. The number of rotatable bonds is 7. The van der Waals surface area contributed by atoms with Crippen molar-refractivity contribution in [2.45, 2.75) is 76.9 Å². The van der Waals surface area contributed by atoms with Crippen molar-refractivity contribution in [2.24, 2.45) is 5.92 Å². The maximum Gasteiger partial charge on any atom is 1.00 e. The third kappa shape index (κ3) is 18.6. The predicted octanol–water partition coefficient (Wildman–Crippen LogP) is -2.44. The third-order valence-corrected chi connectivity index (χ3v) is 6.62. The van der Waals surface area contributed by atoms with E-state index in [1.54, 1.807) is 26.0 Å². The summed E-state index contributed by atoms with van der Waals surface area (Å²) in [5, 5.41) is 7.45. The van der Waals surface area contributed by atoms with E-state index in [0.717, 1.165) is 18.4 Å². The summed E-state index contributed by atoms with van der Waals surface area (Å²) in [5.74, 6) is -0.499. The van der Waals surface area contributed by atoms with Gasteiger partial charge in [-0.3, -0.25) is 4.79 Å². The minimum absolute atomic E-state index is 0. The van der Waals surface area contributed by atoms with Crippen LogP contribution in [0.15, 0.2) is 29.2 Å². The van der Waals surface area contributed by atoms with Gasteiger partial charge in [0.05, 0.1) is 20.9 Å². The molecule has 3 unspecified atom stereocenters. The number of carboxylic acids is 1. The van der Waals surface area contributed by atoms with Crippen LogP contribution in [0.1, 0.15) is 72.3 Å². The monoisotopic (exact) mass is 498 g/mol. The Labute approximate surface area is 231 Å². The molecule has 0 saturated carbocycles. The molecule has 8 nitrogen and oxygen atoms in total. The van der Waals surface area contributed by atoms with E-state index < -0.39 is 31.5 Å². The molecule has 0 aliphatic carbocycles. The van der Waals surface area contributed by atoms with Gasteiger partial charge in [-0.2, -0.15) is 0 Å². The zero-order valence-electron chi connectivity index (χ0n) is 19.8. The summed E-state index contributed by atoms with van der Waals surface area (Å²) in [5.41, 5.74) is 1.06. The second kappa shape index (κ2) is 18.9. The Morgan fingerprint density at radius 2 is 1.29 bits per heavy atom. The number of hydrogen-bond acceptors (Lipinski definition) is 7. The predicted molar refractivity (Wildman–Crippen MR) is 110 cm³/mol. The van der Waals surface area contributed by atoms with Gasteiger partial charge in [-0.05, 0) is 49.8 Å². The van der Waals surface area contributed by atoms with Crippen molar-refractivity contribution in [3.63, 3.8) is 0 Å². The Morgan fingerprint density at radius 3 is 1.45 bits per heavy atom. The number of hydrogen-bond donors (Lipinski definition) is 1. The summed E-state index contributed by atoms with van der Waals surface area (Å²) in [4.78, 5) is 9.77. The first-order valence-electron chi connectivity index (χ1n) is 9.34. The van der Waals surface area contributed by atoms with Crippen LogP contribution in [-0.2, 0) is 25.0 Å². The molecular formula is C19H32Na2O8S2. The topological polar surface area (TPSA) is 152 Å². The van der Waals surface area contributed by atoms with E-state index in [9.17, 15) is 30.7 Å². The SMILES string of the molecule is CCC(C)C(=O)O.CCC(C)S(=O)(=O)[O-].CCC(C)c1ccc(S(=O)(=O)[O-])cc1.[Na+].[Na+]. The Kier molecular flexibility index (Phi) is 23.6. The first kappa shape index (κ1) is 38.8. The molecule has 1 aromatic carbocycles. The normalized spacial score (nSPS) is 13.4. The smallest absolute Gasteiger partial charge is 0.748 e. The Morgan fingerprint density at radius 1 is 0.871 bits per heavy atom. The Balaban J connectivity index is -0.000000186. The van der Waals surface area contributed by atoms with Crippen LogP contribution >= 0.6 is 0 Å². The fourth-order valence-corrected chi connectivity index (χ4v) is 2.46. The van der Waals surface area contributed by atoms with Crippen LogP contribution < -0.4 is 59.1 Å². The zero-order chi connectivity index (χ0) is 23.4. The maximum atomic E-state index is 10.6. The third-order valence-electron chi connectivity index (χ3n) is 4.45. The molecule has 170 valence electrons. The summed E-state index contributed by atoms with van der Waals surface area (Å²) in [6.45, 7) is 10.7. The summed E-state index contributed by atoms with van der Waals surface area (Å²) in [7, 11) is -8.30. The molecule has 0 fully saturated rings. The van der Waals surface area contributed by atoms with Crippen LogP contribution in [0.3, 0.4) is 0 Å². The molecule has 0 aliphatic heterocycles. The van der Waals surface area contributed by atoms with E-state index in [0.29, 0.717) is 12.3 Å². The van der Waals surface area contributed by atoms with Gasteiger partial charge in [-0.15, -0.1) is 0 Å². The van der Waals surface area contributed by atoms with Gasteiger partial charge in [0.2, 0.25) is 0 Å². The number of aliphatic carboxylic acids is 1. The molecule has 12 heteroatoms. The van der Waals surface area contributed by atoms with E-state index >= 15 is 0 Å². The second-order valence-corrected chi connectivity index (χ2v) is 9.86. The van der Waals surface area contributed by atoms with E-state index in [1.807, 2.05) is 6.92 Å². The van der Waals surface area contributed by atoms with Gasteiger partial charge in [0.1, 0.15) is 10.1 Å². The summed E-state index contributed by atoms with van der Waals surface area (Å²) >= 11 is 0. The molecule has 31 heavy (non-hydrogen) atoms. The van der Waals surface area contributed by atoms with Gasteiger partial charge in [0, 0.05) is 5.25 Å². The van der Waals surface area contributed by atoms with Crippen LogP contribution in [-0.4, -0.2) is 42.3 Å². The molecule has 0 amide bonds. The second-order valence-electron chi connectivity index (χ2n) is 6.69. The summed E-state index contributed by atoms with van der Waals surface area (Å²) in [6, 6.07) is 6.12. The van der Waals surface area contributed by atoms with Gasteiger partial charge < -0.3 is 14.2 Å². The number of benzene rings is 1. The van der Waals surface area contributed by atoms with Crippen molar-refractivity contribution in [3.05, 3.63) is 29.8 Å². The maximum absolute atomic E-state index is 10.6. The average molecular weight is 499 g/mol.